The Morgan fingerprint density at radius 1 is 0.918 bits per heavy atom. The Labute approximate surface area is 289 Å². The third-order valence-electron chi connectivity index (χ3n) is 9.96. The van der Waals surface area contributed by atoms with E-state index in [1.165, 1.54) is 4.31 Å². The highest BCUT2D eigenvalue weighted by molar-refractivity contribution is 7.89. The van der Waals surface area contributed by atoms with Crippen molar-refractivity contribution in [3.8, 4) is 0 Å². The van der Waals surface area contributed by atoms with E-state index in [0.29, 0.717) is 17.9 Å². The molecule has 0 bridgehead atoms. The van der Waals surface area contributed by atoms with Gasteiger partial charge in [0, 0.05) is 80.5 Å². The van der Waals surface area contributed by atoms with Crippen LogP contribution in [0.15, 0.2) is 89.0 Å². The minimum atomic E-state index is -3.98. The molecule has 0 radical (unpaired) electrons. The lowest BCUT2D eigenvalue weighted by atomic mass is 9.90. The van der Waals surface area contributed by atoms with Gasteiger partial charge in [0.25, 0.3) is 10.0 Å². The SMILES string of the molecule is Cc1ccc(S(=O)(=O)N2C=C(c3ccncc3)C(=C\NC3CCC(N4CCOCC4)CC3)/C2=N\CNc2cnn(C3CCOCC3)c2)cc1. The summed E-state index contributed by atoms with van der Waals surface area (Å²) >= 11 is 0. The van der Waals surface area contributed by atoms with Gasteiger partial charge in [0.2, 0.25) is 0 Å². The van der Waals surface area contributed by atoms with Gasteiger partial charge in [-0.25, -0.2) is 17.7 Å². The molecule has 0 spiro atoms. The van der Waals surface area contributed by atoms with Crippen molar-refractivity contribution in [1.82, 2.24) is 29.3 Å². The molecule has 1 aromatic carbocycles. The third-order valence-corrected chi connectivity index (χ3v) is 11.6. The first-order valence-electron chi connectivity index (χ1n) is 17.4. The topological polar surface area (TPSA) is 126 Å². The second-order valence-corrected chi connectivity index (χ2v) is 15.0. The number of ether oxygens (including phenoxy) is 2. The summed E-state index contributed by atoms with van der Waals surface area (Å²) < 4.78 is 42.9. The van der Waals surface area contributed by atoms with Crippen LogP contribution in [0.5, 0.6) is 0 Å². The first-order valence-corrected chi connectivity index (χ1v) is 18.8. The smallest absolute Gasteiger partial charge is 0.269 e. The van der Waals surface area contributed by atoms with Gasteiger partial charge in [-0.3, -0.25) is 14.6 Å². The third kappa shape index (κ3) is 7.75. The molecule has 12 nitrogen and oxygen atoms in total. The van der Waals surface area contributed by atoms with Gasteiger partial charge in [0.15, 0.2) is 5.84 Å². The molecule has 3 aromatic rings. The molecule has 3 fully saturated rings. The van der Waals surface area contributed by atoms with Gasteiger partial charge in [-0.1, -0.05) is 17.7 Å². The minimum Gasteiger partial charge on any atom is -0.388 e. The first kappa shape index (κ1) is 33.5. The van der Waals surface area contributed by atoms with E-state index >= 15 is 0 Å². The number of hydrogen-bond donors (Lipinski definition) is 2. The van der Waals surface area contributed by atoms with Crippen LogP contribution in [0.1, 0.15) is 55.7 Å². The second kappa shape index (κ2) is 15.2. The number of aliphatic imine (C=N–C) groups is 1. The molecule has 49 heavy (non-hydrogen) atoms. The highest BCUT2D eigenvalue weighted by Crippen LogP contribution is 2.36. The zero-order valence-corrected chi connectivity index (χ0v) is 28.9. The van der Waals surface area contributed by atoms with E-state index in [1.54, 1.807) is 36.9 Å². The Hall–Kier alpha value is -4.04. The van der Waals surface area contributed by atoms with Gasteiger partial charge < -0.3 is 20.1 Å². The molecule has 260 valence electrons. The Balaban J connectivity index is 1.16. The van der Waals surface area contributed by atoms with Gasteiger partial charge in [-0.2, -0.15) is 5.10 Å². The monoisotopic (exact) mass is 686 g/mol. The van der Waals surface area contributed by atoms with Crippen LogP contribution in [0, 0.1) is 6.92 Å². The first-order chi connectivity index (χ1) is 24.0. The number of amidine groups is 1. The lowest BCUT2D eigenvalue weighted by Gasteiger charge is -2.38. The Morgan fingerprint density at radius 2 is 1.63 bits per heavy atom. The number of anilines is 1. The number of pyridine rings is 1. The zero-order chi connectivity index (χ0) is 33.6. The van der Waals surface area contributed by atoms with Crippen molar-refractivity contribution in [3.63, 3.8) is 0 Å². The number of sulfonamides is 1. The van der Waals surface area contributed by atoms with Crippen molar-refractivity contribution in [2.75, 3.05) is 51.5 Å². The average molecular weight is 687 g/mol. The van der Waals surface area contributed by atoms with Gasteiger partial charge in [-0.05, 0) is 75.3 Å². The molecule has 5 heterocycles. The quantitative estimate of drug-likeness (QED) is 0.316. The molecule has 0 atom stereocenters. The summed E-state index contributed by atoms with van der Waals surface area (Å²) in [7, 11) is -3.98. The fourth-order valence-corrected chi connectivity index (χ4v) is 8.42. The van der Waals surface area contributed by atoms with E-state index in [4.69, 9.17) is 14.5 Å². The van der Waals surface area contributed by atoms with E-state index in [9.17, 15) is 8.42 Å². The predicted molar refractivity (Wildman–Crippen MR) is 189 cm³/mol. The fraction of sp³-hybridized carbons (Fsp3) is 0.472. The highest BCUT2D eigenvalue weighted by Gasteiger charge is 2.36. The van der Waals surface area contributed by atoms with E-state index in [-0.39, 0.29) is 17.6 Å². The number of nitrogens with one attached hydrogen (secondary N) is 2. The minimum absolute atomic E-state index is 0.161. The Bertz CT molecular complexity index is 1750. The number of aromatic nitrogens is 3. The molecule has 3 aliphatic heterocycles. The molecule has 1 aliphatic carbocycles. The predicted octanol–water partition coefficient (Wildman–Crippen LogP) is 4.57. The van der Waals surface area contributed by atoms with E-state index < -0.39 is 10.0 Å². The Kier molecular flexibility index (Phi) is 10.4. The van der Waals surface area contributed by atoms with Crippen molar-refractivity contribution in [1.29, 1.82) is 0 Å². The van der Waals surface area contributed by atoms with E-state index in [1.807, 2.05) is 48.3 Å². The van der Waals surface area contributed by atoms with Crippen LogP contribution in [0.2, 0.25) is 0 Å². The molecule has 13 heteroatoms. The van der Waals surface area contributed by atoms with Crippen LogP contribution in [-0.2, 0) is 19.5 Å². The number of nitrogens with zero attached hydrogens (tertiary/aromatic N) is 6. The fourth-order valence-electron chi connectivity index (χ4n) is 7.09. The van der Waals surface area contributed by atoms with E-state index in [0.717, 1.165) is 106 Å². The van der Waals surface area contributed by atoms with Crippen LogP contribution < -0.4 is 10.6 Å². The second-order valence-electron chi connectivity index (χ2n) is 13.1. The van der Waals surface area contributed by atoms with Crippen LogP contribution in [0.4, 0.5) is 5.69 Å². The molecule has 2 aromatic heterocycles. The maximum atomic E-state index is 14.3. The standard InChI is InChI=1S/C36H46N8O4S/c1-27-2-8-33(9-3-27)49(45,46)44-25-35(28-10-14-37-15-11-28)34(23-38-29-4-6-31(7-5-29)42-16-20-48-21-17-42)36(44)40-26-39-30-22-41-43(24-30)32-12-18-47-19-13-32/h2-3,8-11,14-15,22-25,29,31-32,38-39H,4-7,12-13,16-21,26H2,1H3/b34-23+,40-36+. The molecule has 2 saturated heterocycles. The Morgan fingerprint density at radius 3 is 2.37 bits per heavy atom. The summed E-state index contributed by atoms with van der Waals surface area (Å²) in [5.41, 5.74) is 4.15. The summed E-state index contributed by atoms with van der Waals surface area (Å²) in [5, 5.41) is 11.6. The molecular weight excluding hydrogens is 641 g/mol. The number of aryl methyl sites for hydroxylation is 1. The summed E-state index contributed by atoms with van der Waals surface area (Å²) in [6, 6.07) is 11.9. The van der Waals surface area contributed by atoms with Crippen LogP contribution >= 0.6 is 0 Å². The summed E-state index contributed by atoms with van der Waals surface area (Å²) in [5.74, 6) is 0.353. The highest BCUT2D eigenvalue weighted by atomic mass is 32.2. The largest absolute Gasteiger partial charge is 0.388 e. The maximum absolute atomic E-state index is 14.3. The van der Waals surface area contributed by atoms with Gasteiger partial charge in [0.05, 0.1) is 36.0 Å². The molecule has 4 aliphatic rings. The average Bonchev–Trinajstić information content (AvgIpc) is 3.78. The van der Waals surface area contributed by atoms with Crippen LogP contribution in [0.25, 0.3) is 5.57 Å². The van der Waals surface area contributed by atoms with Crippen molar-refractivity contribution >= 4 is 27.1 Å². The van der Waals surface area contributed by atoms with Crippen molar-refractivity contribution < 1.29 is 17.9 Å². The normalized spacial score (nSPS) is 24.3. The number of hydrogen-bond acceptors (Lipinski definition) is 10. The number of morpholine rings is 1. The summed E-state index contributed by atoms with van der Waals surface area (Å²) in [4.78, 5) is 11.9. The van der Waals surface area contributed by atoms with Gasteiger partial charge >= 0.3 is 0 Å². The maximum Gasteiger partial charge on any atom is 0.269 e. The summed E-state index contributed by atoms with van der Waals surface area (Å²) in [6.07, 6.45) is 17.0. The van der Waals surface area contributed by atoms with Crippen LogP contribution in [0.3, 0.4) is 0 Å². The number of rotatable bonds is 10. The zero-order valence-electron chi connectivity index (χ0n) is 28.1. The molecule has 0 amide bonds. The molecular formula is C36H46N8O4S. The molecule has 1 saturated carbocycles. The molecule has 2 N–H and O–H groups in total. The molecule has 7 rings (SSSR count). The lowest BCUT2D eigenvalue weighted by molar-refractivity contribution is 0.00690. The van der Waals surface area contributed by atoms with Gasteiger partial charge in [0.1, 0.15) is 6.67 Å². The summed E-state index contributed by atoms with van der Waals surface area (Å²) in [6.45, 7) is 7.20. The lowest BCUT2D eigenvalue weighted by Crippen LogP contribution is -2.46. The van der Waals surface area contributed by atoms with Crippen LogP contribution in [-0.4, -0.2) is 96.5 Å². The molecule has 0 unspecified atom stereocenters. The van der Waals surface area contributed by atoms with Crippen molar-refractivity contribution in [2.24, 2.45) is 4.99 Å². The van der Waals surface area contributed by atoms with Gasteiger partial charge in [-0.15, -0.1) is 0 Å². The number of benzene rings is 1. The van der Waals surface area contributed by atoms with Crippen molar-refractivity contribution in [3.05, 3.63) is 90.3 Å². The van der Waals surface area contributed by atoms with Crippen molar-refractivity contribution in [2.45, 2.75) is 68.5 Å². The van der Waals surface area contributed by atoms with E-state index in [2.05, 4.69) is 25.6 Å².